The minimum Gasteiger partial charge on any atom is -0.493 e. The number of hydrogen-bond acceptors (Lipinski definition) is 5. The number of ketones is 1. The Morgan fingerprint density at radius 2 is 1.67 bits per heavy atom. The van der Waals surface area contributed by atoms with E-state index < -0.39 is 10.0 Å². The van der Waals surface area contributed by atoms with Crippen molar-refractivity contribution in [1.29, 1.82) is 0 Å². The van der Waals surface area contributed by atoms with Gasteiger partial charge in [-0.3, -0.25) is 9.52 Å². The number of Topliss-reactive ketones (excluding diaryl/α,β-unsaturated/α-hetero) is 1. The summed E-state index contributed by atoms with van der Waals surface area (Å²) in [6.45, 7) is 3.09. The predicted molar refractivity (Wildman–Crippen MR) is 91.5 cm³/mol. The van der Waals surface area contributed by atoms with E-state index in [9.17, 15) is 13.2 Å². The first-order valence-corrected chi connectivity index (χ1v) is 8.63. The maximum absolute atomic E-state index is 12.7. The van der Waals surface area contributed by atoms with E-state index in [1.165, 1.54) is 33.3 Å². The summed E-state index contributed by atoms with van der Waals surface area (Å²) in [5.41, 5.74) is 1.26. The van der Waals surface area contributed by atoms with Gasteiger partial charge >= 0.3 is 0 Å². The molecule has 2 rings (SSSR count). The molecule has 0 radical (unpaired) electrons. The smallest absolute Gasteiger partial charge is 0.262 e. The fourth-order valence-electron chi connectivity index (χ4n) is 2.26. The molecule has 0 aliphatic rings. The zero-order valence-corrected chi connectivity index (χ0v) is 14.7. The molecule has 0 unspecified atom stereocenters. The Morgan fingerprint density at radius 3 is 2.25 bits per heavy atom. The molecule has 2 aromatic rings. The number of carbonyl (C=O) groups is 1. The second-order valence-electron chi connectivity index (χ2n) is 5.22. The lowest BCUT2D eigenvalue weighted by Gasteiger charge is -2.14. The lowest BCUT2D eigenvalue weighted by molar-refractivity contribution is 0.101. The Hall–Kier alpha value is -2.54. The van der Waals surface area contributed by atoms with Crippen molar-refractivity contribution in [2.24, 2.45) is 0 Å². The van der Waals surface area contributed by atoms with Crippen LogP contribution in [0.4, 0.5) is 5.69 Å². The van der Waals surface area contributed by atoms with Crippen LogP contribution in [0.5, 0.6) is 11.5 Å². The highest BCUT2D eigenvalue weighted by atomic mass is 32.2. The molecule has 0 saturated heterocycles. The topological polar surface area (TPSA) is 81.7 Å². The van der Waals surface area contributed by atoms with E-state index in [0.29, 0.717) is 28.3 Å². The minimum atomic E-state index is -3.84. The van der Waals surface area contributed by atoms with Crippen LogP contribution in [0.25, 0.3) is 0 Å². The molecule has 0 fully saturated rings. The van der Waals surface area contributed by atoms with Crippen molar-refractivity contribution in [3.8, 4) is 11.5 Å². The molecule has 7 heteroatoms. The highest BCUT2D eigenvalue weighted by molar-refractivity contribution is 7.92. The van der Waals surface area contributed by atoms with Gasteiger partial charge in [0.2, 0.25) is 0 Å². The number of carbonyl (C=O) groups excluding carboxylic acids is 1. The summed E-state index contributed by atoms with van der Waals surface area (Å²) in [5.74, 6) is 0.631. The van der Waals surface area contributed by atoms with Crippen LogP contribution in [0.2, 0.25) is 0 Å². The van der Waals surface area contributed by atoms with Gasteiger partial charge in [-0.1, -0.05) is 12.1 Å². The second kappa shape index (κ2) is 6.92. The molecule has 0 amide bonds. The first-order chi connectivity index (χ1) is 11.3. The molecule has 0 aliphatic carbocycles. The Kier molecular flexibility index (Phi) is 5.14. The number of sulfonamides is 1. The van der Waals surface area contributed by atoms with Crippen LogP contribution in [-0.4, -0.2) is 28.4 Å². The van der Waals surface area contributed by atoms with Crippen LogP contribution < -0.4 is 14.2 Å². The zero-order valence-electron chi connectivity index (χ0n) is 13.9. The Bertz CT molecular complexity index is 875. The summed E-state index contributed by atoms with van der Waals surface area (Å²) >= 11 is 0. The Labute approximate surface area is 141 Å². The maximum atomic E-state index is 12.7. The van der Waals surface area contributed by atoms with Gasteiger partial charge in [-0.05, 0) is 37.6 Å². The lowest BCUT2D eigenvalue weighted by Crippen LogP contribution is -2.15. The number of rotatable bonds is 6. The number of aryl methyl sites for hydroxylation is 1. The molecule has 24 heavy (non-hydrogen) atoms. The zero-order chi connectivity index (χ0) is 17.9. The highest BCUT2D eigenvalue weighted by Gasteiger charge is 2.20. The van der Waals surface area contributed by atoms with Gasteiger partial charge in [0.15, 0.2) is 17.3 Å². The SMILES string of the molecule is COc1cc(C)c(S(=O)(=O)Nc2cccc(C(C)=O)c2)cc1OC. The van der Waals surface area contributed by atoms with E-state index in [4.69, 9.17) is 9.47 Å². The van der Waals surface area contributed by atoms with Crippen LogP contribution in [-0.2, 0) is 10.0 Å². The molecule has 1 N–H and O–H groups in total. The average molecular weight is 349 g/mol. The quantitative estimate of drug-likeness (QED) is 0.811. The average Bonchev–Trinajstić information content (AvgIpc) is 2.54. The number of anilines is 1. The largest absolute Gasteiger partial charge is 0.493 e. The normalized spacial score (nSPS) is 11.0. The fourth-order valence-corrected chi connectivity index (χ4v) is 3.56. The summed E-state index contributed by atoms with van der Waals surface area (Å²) in [6, 6.07) is 9.33. The Morgan fingerprint density at radius 1 is 1.04 bits per heavy atom. The van der Waals surface area contributed by atoms with Crippen LogP contribution in [0.3, 0.4) is 0 Å². The van der Waals surface area contributed by atoms with Crippen molar-refractivity contribution < 1.29 is 22.7 Å². The van der Waals surface area contributed by atoms with E-state index in [1.54, 1.807) is 31.2 Å². The third-order valence-electron chi connectivity index (χ3n) is 3.49. The fraction of sp³-hybridized carbons (Fsp3) is 0.235. The van der Waals surface area contributed by atoms with Crippen LogP contribution in [0, 0.1) is 6.92 Å². The molecule has 0 spiro atoms. The summed E-state index contributed by atoms with van der Waals surface area (Å²) in [4.78, 5) is 11.5. The van der Waals surface area contributed by atoms with Crippen LogP contribution in [0.15, 0.2) is 41.3 Å². The third kappa shape index (κ3) is 3.68. The summed E-state index contributed by atoms with van der Waals surface area (Å²) in [7, 11) is -0.920. The van der Waals surface area contributed by atoms with Gasteiger partial charge in [-0.25, -0.2) is 8.42 Å². The maximum Gasteiger partial charge on any atom is 0.262 e. The van der Waals surface area contributed by atoms with Crippen molar-refractivity contribution in [2.75, 3.05) is 18.9 Å². The van der Waals surface area contributed by atoms with Gasteiger partial charge < -0.3 is 9.47 Å². The van der Waals surface area contributed by atoms with E-state index in [-0.39, 0.29) is 10.7 Å². The van der Waals surface area contributed by atoms with E-state index in [2.05, 4.69) is 4.72 Å². The molecule has 2 aromatic carbocycles. The van der Waals surface area contributed by atoms with Gasteiger partial charge in [0.05, 0.1) is 19.1 Å². The number of benzene rings is 2. The van der Waals surface area contributed by atoms with Crippen molar-refractivity contribution in [3.05, 3.63) is 47.5 Å². The molecule has 0 saturated carbocycles. The second-order valence-corrected chi connectivity index (χ2v) is 6.87. The molecular weight excluding hydrogens is 330 g/mol. The molecule has 0 aromatic heterocycles. The van der Waals surface area contributed by atoms with Crippen molar-refractivity contribution in [1.82, 2.24) is 0 Å². The van der Waals surface area contributed by atoms with Crippen LogP contribution >= 0.6 is 0 Å². The van der Waals surface area contributed by atoms with Gasteiger partial charge in [0, 0.05) is 17.3 Å². The Balaban J connectivity index is 2.44. The summed E-state index contributed by atoms with van der Waals surface area (Å²) < 4.78 is 38.2. The van der Waals surface area contributed by atoms with Crippen molar-refractivity contribution in [2.45, 2.75) is 18.7 Å². The van der Waals surface area contributed by atoms with Gasteiger partial charge in [-0.2, -0.15) is 0 Å². The molecule has 0 atom stereocenters. The standard InChI is InChI=1S/C17H19NO5S/c1-11-8-15(22-3)16(23-4)10-17(11)24(20,21)18-14-7-5-6-13(9-14)12(2)19/h5-10,18H,1-4H3. The van der Waals surface area contributed by atoms with Gasteiger partial charge in [-0.15, -0.1) is 0 Å². The lowest BCUT2D eigenvalue weighted by atomic mass is 10.1. The van der Waals surface area contributed by atoms with Crippen molar-refractivity contribution >= 4 is 21.5 Å². The molecule has 128 valence electrons. The minimum absolute atomic E-state index is 0.0772. The van der Waals surface area contributed by atoms with Gasteiger partial charge in [0.1, 0.15) is 0 Å². The highest BCUT2D eigenvalue weighted by Crippen LogP contribution is 2.33. The molecule has 0 aliphatic heterocycles. The number of hydrogen-bond donors (Lipinski definition) is 1. The number of ether oxygens (including phenoxy) is 2. The van der Waals surface area contributed by atoms with E-state index in [1.807, 2.05) is 0 Å². The number of nitrogens with one attached hydrogen (secondary N) is 1. The van der Waals surface area contributed by atoms with Gasteiger partial charge in [0.25, 0.3) is 10.0 Å². The van der Waals surface area contributed by atoms with E-state index >= 15 is 0 Å². The van der Waals surface area contributed by atoms with Crippen molar-refractivity contribution in [3.63, 3.8) is 0 Å². The molecule has 6 nitrogen and oxygen atoms in total. The summed E-state index contributed by atoms with van der Waals surface area (Å²) in [6.07, 6.45) is 0. The molecule has 0 bridgehead atoms. The molecular formula is C17H19NO5S. The summed E-state index contributed by atoms with van der Waals surface area (Å²) in [5, 5.41) is 0. The van der Waals surface area contributed by atoms with Crippen LogP contribution in [0.1, 0.15) is 22.8 Å². The predicted octanol–water partition coefficient (Wildman–Crippen LogP) is 3.02. The number of methoxy groups -OCH3 is 2. The first-order valence-electron chi connectivity index (χ1n) is 7.15. The first kappa shape index (κ1) is 17.8. The van der Waals surface area contributed by atoms with E-state index in [0.717, 1.165) is 0 Å². The monoisotopic (exact) mass is 349 g/mol. The molecule has 0 heterocycles. The third-order valence-corrected chi connectivity index (χ3v) is 5.02.